The molecule has 4 rings (SSSR count). The van der Waals surface area contributed by atoms with E-state index in [-0.39, 0.29) is 17.6 Å². The molecule has 1 unspecified atom stereocenters. The van der Waals surface area contributed by atoms with Crippen LogP contribution in [0.15, 0.2) is 12.4 Å². The second-order valence-corrected chi connectivity index (χ2v) is 8.48. The number of fused-ring (bicyclic) bond motifs is 5. The largest absolute Gasteiger partial charge is 0.276 e. The number of sulfonamides is 1. The summed E-state index contributed by atoms with van der Waals surface area (Å²) in [4.78, 5) is 12.2. The van der Waals surface area contributed by atoms with Gasteiger partial charge in [0.05, 0.1) is 11.9 Å². The van der Waals surface area contributed by atoms with E-state index >= 15 is 0 Å². The van der Waals surface area contributed by atoms with Gasteiger partial charge in [-0.3, -0.25) is 14.2 Å². The van der Waals surface area contributed by atoms with Gasteiger partial charge in [0.2, 0.25) is 15.9 Å². The minimum Gasteiger partial charge on any atom is -0.276 e. The summed E-state index contributed by atoms with van der Waals surface area (Å²) in [5.74, 6) is 1.70. The molecule has 0 aliphatic heterocycles. The fourth-order valence-electron chi connectivity index (χ4n) is 4.70. The molecule has 21 heavy (non-hydrogen) atoms. The first-order chi connectivity index (χ1) is 9.94. The van der Waals surface area contributed by atoms with E-state index in [4.69, 9.17) is 0 Å². The summed E-state index contributed by atoms with van der Waals surface area (Å²) in [6.07, 6.45) is 6.85. The Morgan fingerprint density at radius 3 is 2.62 bits per heavy atom. The predicted molar refractivity (Wildman–Crippen MR) is 75.3 cm³/mol. The molecule has 114 valence electrons. The minimum absolute atomic E-state index is 0.0556. The maximum Gasteiger partial charge on any atom is 0.239 e. The molecule has 5 atom stereocenters. The number of hydrogen-bond acceptors (Lipinski definition) is 4. The van der Waals surface area contributed by atoms with Gasteiger partial charge in [-0.25, -0.2) is 8.42 Å². The highest BCUT2D eigenvalue weighted by Gasteiger charge is 2.67. The third kappa shape index (κ3) is 2.18. The fraction of sp³-hybridized carbons (Fsp3) is 0.714. The zero-order valence-corrected chi connectivity index (χ0v) is 12.7. The topological polar surface area (TPSA) is 81.1 Å². The van der Waals surface area contributed by atoms with Crippen molar-refractivity contribution in [3.8, 4) is 0 Å². The van der Waals surface area contributed by atoms with E-state index < -0.39 is 10.0 Å². The quantitative estimate of drug-likeness (QED) is 0.886. The Kier molecular flexibility index (Phi) is 2.73. The summed E-state index contributed by atoms with van der Waals surface area (Å²) < 4.78 is 28.0. The number of carbonyl (C=O) groups is 1. The van der Waals surface area contributed by atoms with Crippen LogP contribution in [0.2, 0.25) is 0 Å². The Bertz CT molecular complexity index is 680. The van der Waals surface area contributed by atoms with Crippen LogP contribution in [-0.4, -0.2) is 24.1 Å². The number of rotatable bonds is 4. The number of hydrogen-bond donors (Lipinski definition) is 1. The van der Waals surface area contributed by atoms with Gasteiger partial charge in [-0.2, -0.15) is 5.10 Å². The molecule has 1 amide bonds. The zero-order chi connectivity index (χ0) is 14.8. The normalized spacial score (nSPS) is 36.5. The lowest BCUT2D eigenvalue weighted by atomic mass is 10.0. The monoisotopic (exact) mass is 309 g/mol. The molecule has 3 fully saturated rings. The molecule has 3 aliphatic rings. The van der Waals surface area contributed by atoms with Gasteiger partial charge in [0, 0.05) is 24.7 Å². The Balaban J connectivity index is 1.41. The number of aromatic nitrogens is 2. The van der Waals surface area contributed by atoms with Crippen LogP contribution in [0.5, 0.6) is 0 Å². The van der Waals surface area contributed by atoms with E-state index in [1.807, 2.05) is 0 Å². The standard InChI is InChI=1S/C14H19N3O3S/c1-17-6-8(5-15-17)7-21(19,20)16-14(18)13-11-9-2-3-10(4-9)12(11)13/h5-6,9-13H,2-4,7H2,1H3,(H,16,18)/t9-,10+,11+,12-,13?. The predicted octanol–water partition coefficient (Wildman–Crippen LogP) is 0.658. The molecule has 0 saturated heterocycles. The highest BCUT2D eigenvalue weighted by molar-refractivity contribution is 7.89. The molecule has 6 nitrogen and oxygen atoms in total. The third-order valence-corrected chi connectivity index (χ3v) is 6.63. The van der Waals surface area contributed by atoms with Crippen molar-refractivity contribution in [2.24, 2.45) is 36.6 Å². The first-order valence-corrected chi connectivity index (χ1v) is 9.12. The summed E-state index contributed by atoms with van der Waals surface area (Å²) in [5.41, 5.74) is 0.592. The lowest BCUT2D eigenvalue weighted by Crippen LogP contribution is -2.34. The first-order valence-electron chi connectivity index (χ1n) is 7.46. The molecule has 1 N–H and O–H groups in total. The van der Waals surface area contributed by atoms with Gasteiger partial charge < -0.3 is 0 Å². The van der Waals surface area contributed by atoms with Crippen molar-refractivity contribution >= 4 is 15.9 Å². The smallest absolute Gasteiger partial charge is 0.239 e. The molecule has 0 spiro atoms. The zero-order valence-electron chi connectivity index (χ0n) is 11.9. The van der Waals surface area contributed by atoms with Crippen LogP contribution in [0.25, 0.3) is 0 Å². The lowest BCUT2D eigenvalue weighted by molar-refractivity contribution is -0.121. The van der Waals surface area contributed by atoms with Crippen molar-refractivity contribution < 1.29 is 13.2 Å². The first kappa shape index (κ1) is 13.3. The highest BCUT2D eigenvalue weighted by atomic mass is 32.2. The third-order valence-electron chi connectivity index (χ3n) is 5.41. The molecule has 1 aromatic heterocycles. The average molecular weight is 309 g/mol. The number of nitrogens with one attached hydrogen (secondary N) is 1. The average Bonchev–Trinajstić information content (AvgIpc) is 2.71. The van der Waals surface area contributed by atoms with Gasteiger partial charge in [-0.05, 0) is 42.9 Å². The molecule has 1 aromatic rings. The Morgan fingerprint density at radius 1 is 1.38 bits per heavy atom. The van der Waals surface area contributed by atoms with Crippen molar-refractivity contribution in [2.75, 3.05) is 0 Å². The van der Waals surface area contributed by atoms with E-state index in [0.29, 0.717) is 29.2 Å². The Morgan fingerprint density at radius 2 is 2.05 bits per heavy atom. The van der Waals surface area contributed by atoms with E-state index in [9.17, 15) is 13.2 Å². The van der Waals surface area contributed by atoms with Crippen LogP contribution < -0.4 is 4.72 Å². The van der Waals surface area contributed by atoms with Crippen molar-refractivity contribution in [2.45, 2.75) is 25.0 Å². The molecule has 3 saturated carbocycles. The second kappa shape index (κ2) is 4.32. The van der Waals surface area contributed by atoms with Crippen molar-refractivity contribution in [1.29, 1.82) is 0 Å². The van der Waals surface area contributed by atoms with Gasteiger partial charge >= 0.3 is 0 Å². The molecular formula is C14H19N3O3S. The summed E-state index contributed by atoms with van der Waals surface area (Å²) in [7, 11) is -1.89. The highest BCUT2D eigenvalue weighted by Crippen LogP contribution is 2.69. The van der Waals surface area contributed by atoms with Crippen molar-refractivity contribution in [3.05, 3.63) is 18.0 Å². The summed E-state index contributed by atoms with van der Waals surface area (Å²) in [6.45, 7) is 0. The van der Waals surface area contributed by atoms with E-state index in [0.717, 1.165) is 0 Å². The van der Waals surface area contributed by atoms with Crippen molar-refractivity contribution in [1.82, 2.24) is 14.5 Å². The van der Waals surface area contributed by atoms with Crippen LogP contribution in [0.3, 0.4) is 0 Å². The lowest BCUT2D eigenvalue weighted by Gasteiger charge is -2.09. The van der Waals surface area contributed by atoms with E-state index in [1.165, 1.54) is 25.5 Å². The Hall–Kier alpha value is -1.37. The van der Waals surface area contributed by atoms with E-state index in [2.05, 4.69) is 9.82 Å². The molecule has 7 heteroatoms. The molecule has 0 aromatic carbocycles. The molecular weight excluding hydrogens is 290 g/mol. The van der Waals surface area contributed by atoms with Crippen LogP contribution >= 0.6 is 0 Å². The van der Waals surface area contributed by atoms with Gasteiger partial charge in [-0.15, -0.1) is 0 Å². The number of nitrogens with zero attached hydrogens (tertiary/aromatic N) is 2. The van der Waals surface area contributed by atoms with Crippen LogP contribution in [0.1, 0.15) is 24.8 Å². The maximum absolute atomic E-state index is 12.2. The second-order valence-electron chi connectivity index (χ2n) is 6.76. The molecule has 0 radical (unpaired) electrons. The van der Waals surface area contributed by atoms with Crippen molar-refractivity contribution in [3.63, 3.8) is 0 Å². The summed E-state index contributed by atoms with van der Waals surface area (Å²) >= 11 is 0. The van der Waals surface area contributed by atoms with Crippen LogP contribution in [0.4, 0.5) is 0 Å². The van der Waals surface area contributed by atoms with Gasteiger partial charge in [0.25, 0.3) is 0 Å². The van der Waals surface area contributed by atoms with E-state index in [1.54, 1.807) is 17.9 Å². The van der Waals surface area contributed by atoms with Crippen LogP contribution in [-0.2, 0) is 27.6 Å². The molecule has 2 bridgehead atoms. The number of amides is 1. The minimum atomic E-state index is -3.62. The van der Waals surface area contributed by atoms with Gasteiger partial charge in [0.15, 0.2) is 0 Å². The maximum atomic E-state index is 12.2. The van der Waals surface area contributed by atoms with Gasteiger partial charge in [-0.1, -0.05) is 0 Å². The van der Waals surface area contributed by atoms with Gasteiger partial charge in [0.1, 0.15) is 0 Å². The summed E-state index contributed by atoms with van der Waals surface area (Å²) in [6, 6.07) is 0. The number of carbonyl (C=O) groups excluding carboxylic acids is 1. The van der Waals surface area contributed by atoms with Crippen LogP contribution in [0, 0.1) is 29.6 Å². The Labute approximate surface area is 124 Å². The molecule has 1 heterocycles. The fourth-order valence-corrected chi connectivity index (χ4v) is 5.80. The molecule has 3 aliphatic carbocycles. The summed E-state index contributed by atoms with van der Waals surface area (Å²) in [5, 5.41) is 3.94. The number of aryl methyl sites for hydroxylation is 1. The SMILES string of the molecule is Cn1cc(CS(=O)(=O)NC(=O)C2[C@@H]3[C@H]4CC[C@H](C4)[C@H]23)cn1.